The van der Waals surface area contributed by atoms with Gasteiger partial charge in [-0.15, -0.1) is 0 Å². The number of hydrogen-bond donors (Lipinski definition) is 2. The molecule has 9 nitrogen and oxygen atoms in total. The predicted octanol–water partition coefficient (Wildman–Crippen LogP) is 1.68. The van der Waals surface area contributed by atoms with Crippen molar-refractivity contribution in [3.8, 4) is 0 Å². The van der Waals surface area contributed by atoms with Crippen molar-refractivity contribution >= 4 is 17.0 Å². The SMILES string of the molecule is CC(C)CNc1ncnc2c1ncn2[C@H]1CN(Cc2ccncc2)C[C@@H](CO)O1. The lowest BCUT2D eigenvalue weighted by Crippen LogP contribution is -2.46. The molecule has 4 rings (SSSR count). The predicted molar refractivity (Wildman–Crippen MR) is 109 cm³/mol. The zero-order valence-corrected chi connectivity index (χ0v) is 16.8. The van der Waals surface area contributed by atoms with Crippen molar-refractivity contribution in [2.45, 2.75) is 32.7 Å². The zero-order valence-electron chi connectivity index (χ0n) is 16.8. The van der Waals surface area contributed by atoms with Crippen LogP contribution in [-0.2, 0) is 11.3 Å². The van der Waals surface area contributed by atoms with Gasteiger partial charge in [-0.3, -0.25) is 14.5 Å². The quantitative estimate of drug-likeness (QED) is 0.621. The maximum atomic E-state index is 9.75. The summed E-state index contributed by atoms with van der Waals surface area (Å²) in [6.07, 6.45) is 6.32. The number of ether oxygens (including phenoxy) is 1. The number of fused-ring (bicyclic) bond motifs is 1. The molecule has 0 unspecified atom stereocenters. The molecule has 0 saturated carbocycles. The van der Waals surface area contributed by atoms with E-state index in [9.17, 15) is 5.11 Å². The largest absolute Gasteiger partial charge is 0.394 e. The molecule has 2 atom stereocenters. The lowest BCUT2D eigenvalue weighted by Gasteiger charge is -2.37. The van der Waals surface area contributed by atoms with Crippen molar-refractivity contribution < 1.29 is 9.84 Å². The summed E-state index contributed by atoms with van der Waals surface area (Å²) in [5.74, 6) is 1.22. The van der Waals surface area contributed by atoms with Crippen LogP contribution in [0.15, 0.2) is 37.2 Å². The molecule has 3 aromatic heterocycles. The lowest BCUT2D eigenvalue weighted by atomic mass is 10.2. The van der Waals surface area contributed by atoms with Gasteiger partial charge >= 0.3 is 0 Å². The molecule has 2 N–H and O–H groups in total. The molecule has 154 valence electrons. The Kier molecular flexibility index (Phi) is 5.98. The van der Waals surface area contributed by atoms with Gasteiger partial charge in [-0.1, -0.05) is 13.8 Å². The number of nitrogens with one attached hydrogen (secondary N) is 1. The minimum absolute atomic E-state index is 0.0356. The number of morpholine rings is 1. The molecule has 0 aromatic carbocycles. The highest BCUT2D eigenvalue weighted by molar-refractivity contribution is 5.82. The van der Waals surface area contributed by atoms with E-state index in [2.05, 4.69) is 44.0 Å². The van der Waals surface area contributed by atoms with Crippen LogP contribution in [0.4, 0.5) is 5.82 Å². The van der Waals surface area contributed by atoms with Gasteiger partial charge < -0.3 is 15.2 Å². The molecule has 1 aliphatic heterocycles. The van der Waals surface area contributed by atoms with Crippen molar-refractivity contribution in [2.24, 2.45) is 5.92 Å². The van der Waals surface area contributed by atoms with E-state index in [1.807, 2.05) is 16.7 Å². The van der Waals surface area contributed by atoms with Gasteiger partial charge in [0.15, 0.2) is 17.0 Å². The van der Waals surface area contributed by atoms with E-state index >= 15 is 0 Å². The van der Waals surface area contributed by atoms with Crippen molar-refractivity contribution in [1.29, 1.82) is 0 Å². The zero-order chi connectivity index (χ0) is 20.2. The lowest BCUT2D eigenvalue weighted by molar-refractivity contribution is -0.135. The van der Waals surface area contributed by atoms with Crippen molar-refractivity contribution in [3.63, 3.8) is 0 Å². The van der Waals surface area contributed by atoms with E-state index in [0.29, 0.717) is 19.0 Å². The third-order valence-electron chi connectivity index (χ3n) is 4.93. The molecule has 1 fully saturated rings. The van der Waals surface area contributed by atoms with E-state index in [-0.39, 0.29) is 18.9 Å². The highest BCUT2D eigenvalue weighted by atomic mass is 16.5. The Balaban J connectivity index is 1.57. The molecule has 0 spiro atoms. The molecule has 0 bridgehead atoms. The molecule has 9 heteroatoms. The highest BCUT2D eigenvalue weighted by Gasteiger charge is 2.30. The summed E-state index contributed by atoms with van der Waals surface area (Å²) in [6.45, 7) is 7.17. The smallest absolute Gasteiger partial charge is 0.167 e. The van der Waals surface area contributed by atoms with Crippen LogP contribution in [0.1, 0.15) is 25.6 Å². The van der Waals surface area contributed by atoms with E-state index < -0.39 is 0 Å². The fraction of sp³-hybridized carbons (Fsp3) is 0.500. The second-order valence-electron chi connectivity index (χ2n) is 7.77. The number of aliphatic hydroxyl groups is 1. The van der Waals surface area contributed by atoms with Gasteiger partial charge in [0.1, 0.15) is 12.6 Å². The third kappa shape index (κ3) is 4.52. The summed E-state index contributed by atoms with van der Waals surface area (Å²) in [6, 6.07) is 4.01. The Hall–Kier alpha value is -2.62. The van der Waals surface area contributed by atoms with Crippen LogP contribution < -0.4 is 5.32 Å². The van der Waals surface area contributed by atoms with Crippen molar-refractivity contribution in [3.05, 3.63) is 42.7 Å². The van der Waals surface area contributed by atoms with Gasteiger partial charge in [0.2, 0.25) is 0 Å². The van der Waals surface area contributed by atoms with E-state index in [1.54, 1.807) is 25.0 Å². The number of imidazole rings is 1. The van der Waals surface area contributed by atoms with Gasteiger partial charge in [-0.2, -0.15) is 0 Å². The molecule has 0 aliphatic carbocycles. The molecule has 1 saturated heterocycles. The van der Waals surface area contributed by atoms with E-state index in [4.69, 9.17) is 4.74 Å². The van der Waals surface area contributed by atoms with Crippen LogP contribution in [0, 0.1) is 5.92 Å². The number of aliphatic hydroxyl groups excluding tert-OH is 1. The molecule has 0 amide bonds. The second-order valence-corrected chi connectivity index (χ2v) is 7.77. The topological polar surface area (TPSA) is 101 Å². The van der Waals surface area contributed by atoms with Crippen molar-refractivity contribution in [2.75, 3.05) is 31.6 Å². The first-order valence-electron chi connectivity index (χ1n) is 9.93. The minimum atomic E-state index is -0.291. The van der Waals surface area contributed by atoms with Gasteiger partial charge in [0, 0.05) is 38.6 Å². The molecule has 4 heterocycles. The summed E-state index contributed by atoms with van der Waals surface area (Å²) < 4.78 is 8.06. The highest BCUT2D eigenvalue weighted by Crippen LogP contribution is 2.26. The Morgan fingerprint density at radius 1 is 1.21 bits per heavy atom. The molecule has 0 radical (unpaired) electrons. The van der Waals surface area contributed by atoms with E-state index in [0.717, 1.165) is 30.1 Å². The molecular weight excluding hydrogens is 370 g/mol. The van der Waals surface area contributed by atoms with Crippen LogP contribution in [0.2, 0.25) is 0 Å². The molecule has 1 aliphatic rings. The molecule has 29 heavy (non-hydrogen) atoms. The van der Waals surface area contributed by atoms with Gasteiger partial charge in [-0.25, -0.2) is 15.0 Å². The van der Waals surface area contributed by atoms with Gasteiger partial charge in [-0.05, 0) is 23.6 Å². The Morgan fingerprint density at radius 2 is 2.03 bits per heavy atom. The van der Waals surface area contributed by atoms with Crippen molar-refractivity contribution in [1.82, 2.24) is 29.4 Å². The maximum absolute atomic E-state index is 9.75. The Morgan fingerprint density at radius 3 is 2.79 bits per heavy atom. The molecule has 3 aromatic rings. The number of rotatable bonds is 7. The minimum Gasteiger partial charge on any atom is -0.394 e. The van der Waals surface area contributed by atoms with Gasteiger partial charge in [0.05, 0.1) is 19.0 Å². The fourth-order valence-corrected chi connectivity index (χ4v) is 3.51. The average Bonchev–Trinajstić information content (AvgIpc) is 3.17. The summed E-state index contributed by atoms with van der Waals surface area (Å²) in [7, 11) is 0. The van der Waals surface area contributed by atoms with E-state index in [1.165, 1.54) is 5.56 Å². The van der Waals surface area contributed by atoms with Crippen LogP contribution in [0.3, 0.4) is 0 Å². The first-order chi connectivity index (χ1) is 14.1. The van der Waals surface area contributed by atoms with Crippen LogP contribution in [-0.4, -0.2) is 66.9 Å². The standard InChI is InChI=1S/C20H27N7O2/c1-14(2)7-22-19-18-20(24-12-23-19)27(13-25-18)17-10-26(9-16(11-28)29-17)8-15-3-5-21-6-4-15/h3-6,12-14,16-17,28H,7-11H2,1-2H3,(H,22,23,24)/t16-,17+/m0/s1. The molecular formula is C20H27N7O2. The number of nitrogens with zero attached hydrogens (tertiary/aromatic N) is 6. The average molecular weight is 397 g/mol. The fourth-order valence-electron chi connectivity index (χ4n) is 3.51. The summed E-state index contributed by atoms with van der Waals surface area (Å²) in [4.78, 5) is 19.7. The monoisotopic (exact) mass is 397 g/mol. The third-order valence-corrected chi connectivity index (χ3v) is 4.93. The number of hydrogen-bond acceptors (Lipinski definition) is 8. The van der Waals surface area contributed by atoms with Crippen LogP contribution >= 0.6 is 0 Å². The summed E-state index contributed by atoms with van der Waals surface area (Å²) >= 11 is 0. The summed E-state index contributed by atoms with van der Waals surface area (Å²) in [5.41, 5.74) is 2.62. The maximum Gasteiger partial charge on any atom is 0.167 e. The number of pyridine rings is 1. The first-order valence-corrected chi connectivity index (χ1v) is 9.93. The Bertz CT molecular complexity index is 931. The summed E-state index contributed by atoms with van der Waals surface area (Å²) in [5, 5.41) is 13.1. The normalized spacial score (nSPS) is 20.4. The second kappa shape index (κ2) is 8.81. The first kappa shape index (κ1) is 19.7. The Labute approximate surface area is 169 Å². The number of anilines is 1. The van der Waals surface area contributed by atoms with Crippen LogP contribution in [0.5, 0.6) is 0 Å². The number of aromatic nitrogens is 5. The van der Waals surface area contributed by atoms with Gasteiger partial charge in [0.25, 0.3) is 0 Å². The van der Waals surface area contributed by atoms with Crippen LogP contribution in [0.25, 0.3) is 11.2 Å².